The Morgan fingerprint density at radius 1 is 1.18 bits per heavy atom. The van der Waals surface area contributed by atoms with E-state index in [1.54, 1.807) is 0 Å². The van der Waals surface area contributed by atoms with Crippen LogP contribution in [0, 0.1) is 0 Å². The van der Waals surface area contributed by atoms with Crippen LogP contribution < -0.4 is 10.2 Å². The number of piperazine rings is 1. The molecule has 0 aromatic carbocycles. The first-order valence-electron chi connectivity index (χ1n) is 8.33. The Morgan fingerprint density at radius 3 is 2.86 bits per heavy atom. The second kappa shape index (κ2) is 5.85. The molecular formula is C16H24N6. The summed E-state index contributed by atoms with van der Waals surface area (Å²) in [4.78, 5) is 9.61. The summed E-state index contributed by atoms with van der Waals surface area (Å²) in [5.74, 6) is 0.972. The van der Waals surface area contributed by atoms with Crippen molar-refractivity contribution in [1.29, 1.82) is 0 Å². The highest BCUT2D eigenvalue weighted by Gasteiger charge is 2.24. The van der Waals surface area contributed by atoms with Crippen molar-refractivity contribution in [3.63, 3.8) is 0 Å². The highest BCUT2D eigenvalue weighted by molar-refractivity contribution is 5.56. The summed E-state index contributed by atoms with van der Waals surface area (Å²) in [6, 6.07) is 4.70. The van der Waals surface area contributed by atoms with Crippen LogP contribution in [0.2, 0.25) is 0 Å². The molecule has 0 saturated carbocycles. The van der Waals surface area contributed by atoms with Crippen LogP contribution in [0.15, 0.2) is 18.3 Å². The van der Waals surface area contributed by atoms with Gasteiger partial charge >= 0.3 is 0 Å². The van der Waals surface area contributed by atoms with Crippen LogP contribution in [0.25, 0.3) is 5.65 Å². The van der Waals surface area contributed by atoms with Gasteiger partial charge in [-0.05, 0) is 32.5 Å². The first kappa shape index (κ1) is 14.0. The third kappa shape index (κ3) is 2.57. The van der Waals surface area contributed by atoms with Gasteiger partial charge in [-0.25, -0.2) is 9.50 Å². The fraction of sp³-hybridized carbons (Fsp3) is 0.625. The van der Waals surface area contributed by atoms with Gasteiger partial charge in [-0.2, -0.15) is 0 Å². The molecule has 2 aromatic rings. The normalized spacial score (nSPS) is 24.0. The molecule has 4 rings (SSSR count). The Balaban J connectivity index is 1.62. The molecule has 6 heteroatoms. The van der Waals surface area contributed by atoms with Crippen molar-refractivity contribution in [1.82, 2.24) is 24.8 Å². The van der Waals surface area contributed by atoms with Crippen LogP contribution in [0.1, 0.15) is 31.1 Å². The number of nitrogens with zero attached hydrogens (tertiary/aromatic N) is 5. The van der Waals surface area contributed by atoms with Crippen LogP contribution >= 0.6 is 0 Å². The molecule has 0 spiro atoms. The molecule has 0 radical (unpaired) electrons. The van der Waals surface area contributed by atoms with E-state index in [1.807, 2.05) is 10.7 Å². The number of anilines is 1. The summed E-state index contributed by atoms with van der Waals surface area (Å²) in [5, 5.41) is 8.10. The quantitative estimate of drug-likeness (QED) is 0.906. The zero-order valence-corrected chi connectivity index (χ0v) is 13.2. The highest BCUT2D eigenvalue weighted by Crippen LogP contribution is 2.28. The number of likely N-dealkylation sites (tertiary alicyclic amines) is 1. The number of fused-ring (bicyclic) bond motifs is 1. The Kier molecular flexibility index (Phi) is 3.72. The molecule has 2 aromatic heterocycles. The van der Waals surface area contributed by atoms with Gasteiger partial charge in [-0.15, -0.1) is 5.10 Å². The standard InChI is InChI=1S/C16H24N6/c1-20-8-3-2-4-14(20)16-18-15-12-13(5-9-22(15)19-16)21-10-6-17-7-11-21/h5,9,12,14,17H,2-4,6-8,10-11H2,1H3. The summed E-state index contributed by atoms with van der Waals surface area (Å²) >= 11 is 0. The highest BCUT2D eigenvalue weighted by atomic mass is 15.3. The van der Waals surface area contributed by atoms with Gasteiger partial charge in [-0.3, -0.25) is 4.90 Å². The molecule has 4 heterocycles. The number of hydrogen-bond acceptors (Lipinski definition) is 5. The molecule has 1 N–H and O–H groups in total. The molecule has 2 aliphatic heterocycles. The van der Waals surface area contributed by atoms with Crippen molar-refractivity contribution in [3.8, 4) is 0 Å². The molecule has 6 nitrogen and oxygen atoms in total. The molecule has 2 saturated heterocycles. The van der Waals surface area contributed by atoms with Crippen LogP contribution in [0.3, 0.4) is 0 Å². The lowest BCUT2D eigenvalue weighted by Crippen LogP contribution is -2.43. The van der Waals surface area contributed by atoms with E-state index < -0.39 is 0 Å². The molecule has 1 unspecified atom stereocenters. The minimum absolute atomic E-state index is 0.372. The number of hydrogen-bond donors (Lipinski definition) is 1. The maximum Gasteiger partial charge on any atom is 0.168 e. The molecule has 0 amide bonds. The van der Waals surface area contributed by atoms with E-state index in [9.17, 15) is 0 Å². The van der Waals surface area contributed by atoms with Crippen LogP contribution in [-0.4, -0.2) is 59.3 Å². The third-order valence-electron chi connectivity index (χ3n) is 4.89. The van der Waals surface area contributed by atoms with E-state index in [0.717, 1.165) is 50.6 Å². The summed E-state index contributed by atoms with van der Waals surface area (Å²) < 4.78 is 1.92. The van der Waals surface area contributed by atoms with E-state index in [4.69, 9.17) is 10.1 Å². The lowest BCUT2D eigenvalue weighted by Gasteiger charge is -2.30. The lowest BCUT2D eigenvalue weighted by molar-refractivity contribution is 0.179. The fourth-order valence-electron chi connectivity index (χ4n) is 3.55. The molecular weight excluding hydrogens is 276 g/mol. The maximum atomic E-state index is 4.81. The van der Waals surface area contributed by atoms with E-state index in [2.05, 4.69) is 34.3 Å². The van der Waals surface area contributed by atoms with Crippen LogP contribution in [0.4, 0.5) is 5.69 Å². The number of nitrogens with one attached hydrogen (secondary N) is 1. The summed E-state index contributed by atoms with van der Waals surface area (Å²) in [5.41, 5.74) is 2.22. The smallest absolute Gasteiger partial charge is 0.168 e. The van der Waals surface area contributed by atoms with Gasteiger partial charge in [0.05, 0.1) is 6.04 Å². The van der Waals surface area contributed by atoms with Crippen LogP contribution in [-0.2, 0) is 0 Å². The number of piperidine rings is 1. The Hall–Kier alpha value is -1.66. The van der Waals surface area contributed by atoms with Gasteiger partial charge in [0.25, 0.3) is 0 Å². The average molecular weight is 300 g/mol. The Labute approximate surface area is 131 Å². The first-order chi connectivity index (χ1) is 10.8. The predicted molar refractivity (Wildman–Crippen MR) is 87.3 cm³/mol. The SMILES string of the molecule is CN1CCCCC1c1nc2cc(N3CCNCC3)ccn2n1. The largest absolute Gasteiger partial charge is 0.369 e. The second-order valence-corrected chi connectivity index (χ2v) is 6.39. The minimum Gasteiger partial charge on any atom is -0.369 e. The summed E-state index contributed by atoms with van der Waals surface area (Å²) in [7, 11) is 2.18. The van der Waals surface area contributed by atoms with Crippen molar-refractivity contribution in [2.24, 2.45) is 0 Å². The minimum atomic E-state index is 0.372. The van der Waals surface area contributed by atoms with Crippen molar-refractivity contribution < 1.29 is 0 Å². The number of aromatic nitrogens is 3. The maximum absolute atomic E-state index is 4.81. The molecule has 1 atom stereocenters. The van der Waals surface area contributed by atoms with Crippen molar-refractivity contribution >= 4 is 11.3 Å². The van der Waals surface area contributed by atoms with Gasteiger partial charge in [0, 0.05) is 44.1 Å². The topological polar surface area (TPSA) is 48.7 Å². The van der Waals surface area contributed by atoms with Crippen molar-refractivity contribution in [2.75, 3.05) is 44.7 Å². The number of rotatable bonds is 2. The molecule has 22 heavy (non-hydrogen) atoms. The van der Waals surface area contributed by atoms with Gasteiger partial charge in [0.1, 0.15) is 0 Å². The van der Waals surface area contributed by atoms with Gasteiger partial charge < -0.3 is 10.2 Å². The molecule has 118 valence electrons. The Bertz CT molecular complexity index is 645. The van der Waals surface area contributed by atoms with Crippen molar-refractivity contribution in [2.45, 2.75) is 25.3 Å². The number of pyridine rings is 1. The Morgan fingerprint density at radius 2 is 2.05 bits per heavy atom. The second-order valence-electron chi connectivity index (χ2n) is 6.39. The van der Waals surface area contributed by atoms with E-state index in [-0.39, 0.29) is 0 Å². The van der Waals surface area contributed by atoms with E-state index in [0.29, 0.717) is 6.04 Å². The molecule has 0 bridgehead atoms. The fourth-order valence-corrected chi connectivity index (χ4v) is 3.55. The molecule has 2 aliphatic rings. The monoisotopic (exact) mass is 300 g/mol. The predicted octanol–water partition coefficient (Wildman–Crippen LogP) is 1.30. The van der Waals surface area contributed by atoms with Crippen molar-refractivity contribution in [3.05, 3.63) is 24.2 Å². The summed E-state index contributed by atoms with van der Waals surface area (Å²) in [6.07, 6.45) is 5.77. The van der Waals surface area contributed by atoms with E-state index >= 15 is 0 Å². The first-order valence-corrected chi connectivity index (χ1v) is 8.33. The zero-order chi connectivity index (χ0) is 14.9. The summed E-state index contributed by atoms with van der Waals surface area (Å²) in [6.45, 7) is 5.36. The zero-order valence-electron chi connectivity index (χ0n) is 13.2. The molecule has 2 fully saturated rings. The van der Waals surface area contributed by atoms with Crippen LogP contribution in [0.5, 0.6) is 0 Å². The third-order valence-corrected chi connectivity index (χ3v) is 4.89. The lowest BCUT2D eigenvalue weighted by atomic mass is 10.0. The van der Waals surface area contributed by atoms with Gasteiger partial charge in [0.15, 0.2) is 11.5 Å². The van der Waals surface area contributed by atoms with Gasteiger partial charge in [-0.1, -0.05) is 6.42 Å². The molecule has 0 aliphatic carbocycles. The van der Waals surface area contributed by atoms with E-state index in [1.165, 1.54) is 18.5 Å². The average Bonchev–Trinajstić information content (AvgIpc) is 2.99. The van der Waals surface area contributed by atoms with Gasteiger partial charge in [0.2, 0.25) is 0 Å².